The van der Waals surface area contributed by atoms with Gasteiger partial charge in [0.25, 0.3) is 11.1 Å². The average Bonchev–Trinajstić information content (AvgIpc) is 2.72. The fourth-order valence-electron chi connectivity index (χ4n) is 3.65. The molecule has 4 heterocycles. The Hall–Kier alpha value is -2.55. The van der Waals surface area contributed by atoms with Gasteiger partial charge in [-0.3, -0.25) is 14.5 Å². The second-order valence-electron chi connectivity index (χ2n) is 7.01. The van der Waals surface area contributed by atoms with Crippen LogP contribution >= 0.6 is 0 Å². The summed E-state index contributed by atoms with van der Waals surface area (Å²) in [5.74, 6) is 0. The minimum atomic E-state index is -0.247. The van der Waals surface area contributed by atoms with Crippen LogP contribution in [0.3, 0.4) is 0 Å². The Morgan fingerprint density at radius 1 is 0.929 bits per heavy atom. The second-order valence-corrected chi connectivity index (χ2v) is 7.01. The third kappa shape index (κ3) is 3.71. The van der Waals surface area contributed by atoms with Crippen molar-refractivity contribution in [3.05, 3.63) is 51.3 Å². The van der Waals surface area contributed by atoms with Crippen molar-refractivity contribution in [2.75, 3.05) is 39.5 Å². The van der Waals surface area contributed by atoms with Crippen molar-refractivity contribution in [2.45, 2.75) is 19.5 Å². The Morgan fingerprint density at radius 3 is 2.14 bits per heavy atom. The van der Waals surface area contributed by atoms with Crippen LogP contribution in [0.4, 0.5) is 0 Å². The van der Waals surface area contributed by atoms with Crippen molar-refractivity contribution >= 4 is 21.8 Å². The lowest BCUT2D eigenvalue weighted by atomic mass is 10.2. The predicted octanol–water partition coefficient (Wildman–Crippen LogP) is 0.426. The van der Waals surface area contributed by atoms with Gasteiger partial charge in [0.2, 0.25) is 0 Å². The first kappa shape index (κ1) is 18.8. The van der Waals surface area contributed by atoms with Crippen molar-refractivity contribution in [3.63, 3.8) is 0 Å². The summed E-state index contributed by atoms with van der Waals surface area (Å²) in [6.45, 7) is 5.04. The van der Waals surface area contributed by atoms with Crippen LogP contribution in [0.1, 0.15) is 6.42 Å². The van der Waals surface area contributed by atoms with Crippen molar-refractivity contribution in [1.29, 1.82) is 0 Å². The summed E-state index contributed by atoms with van der Waals surface area (Å²) < 4.78 is 8.47. The number of aliphatic hydroxyl groups excluding tert-OH is 1. The van der Waals surface area contributed by atoms with Gasteiger partial charge in [0.15, 0.2) is 0 Å². The second kappa shape index (κ2) is 8.22. The maximum Gasteiger partial charge on any atom is 0.260 e. The monoisotopic (exact) mass is 384 g/mol. The standard InChI is InChI=1S/C20H24N4O4/c25-11-8-24-7-3-18-16(20(24)27)14-15-17(21-18)2-6-23(19(15)26)5-1-4-22-9-12-28-13-10-22/h2-3,6-7,14,25H,1,4-5,8-13H2. The molecule has 0 saturated carbocycles. The summed E-state index contributed by atoms with van der Waals surface area (Å²) in [5.41, 5.74) is 0.756. The molecule has 28 heavy (non-hydrogen) atoms. The molecule has 0 spiro atoms. The van der Waals surface area contributed by atoms with Gasteiger partial charge in [0.1, 0.15) is 0 Å². The van der Waals surface area contributed by atoms with E-state index >= 15 is 0 Å². The van der Waals surface area contributed by atoms with E-state index in [2.05, 4.69) is 9.88 Å². The molecular formula is C20H24N4O4. The minimum absolute atomic E-state index is 0.123. The summed E-state index contributed by atoms with van der Waals surface area (Å²) in [7, 11) is 0. The molecule has 1 fully saturated rings. The van der Waals surface area contributed by atoms with E-state index in [0.717, 1.165) is 39.3 Å². The van der Waals surface area contributed by atoms with Gasteiger partial charge in [-0.05, 0) is 24.6 Å². The Morgan fingerprint density at radius 2 is 1.54 bits per heavy atom. The molecule has 0 aliphatic carbocycles. The molecule has 0 aromatic carbocycles. The summed E-state index contributed by atoms with van der Waals surface area (Å²) in [6, 6.07) is 5.19. The zero-order valence-electron chi connectivity index (χ0n) is 15.7. The van der Waals surface area contributed by atoms with Crippen molar-refractivity contribution in [1.82, 2.24) is 19.0 Å². The molecule has 3 aromatic heterocycles. The third-order valence-electron chi connectivity index (χ3n) is 5.21. The Kier molecular flexibility index (Phi) is 5.52. The maximum atomic E-state index is 12.9. The highest BCUT2D eigenvalue weighted by Crippen LogP contribution is 2.14. The largest absolute Gasteiger partial charge is 0.395 e. The Bertz CT molecular complexity index is 1100. The topological polar surface area (TPSA) is 89.6 Å². The summed E-state index contributed by atoms with van der Waals surface area (Å²) in [6.07, 6.45) is 4.26. The van der Waals surface area contributed by atoms with E-state index < -0.39 is 0 Å². The van der Waals surface area contributed by atoms with Gasteiger partial charge in [0, 0.05) is 45.1 Å². The highest BCUT2D eigenvalue weighted by Gasteiger charge is 2.12. The number of ether oxygens (including phenoxy) is 1. The van der Waals surface area contributed by atoms with E-state index in [1.54, 1.807) is 29.1 Å². The normalized spacial score (nSPS) is 15.5. The fourth-order valence-corrected chi connectivity index (χ4v) is 3.65. The van der Waals surface area contributed by atoms with Gasteiger partial charge in [-0.25, -0.2) is 4.98 Å². The number of hydrogen-bond acceptors (Lipinski definition) is 6. The van der Waals surface area contributed by atoms with Crippen molar-refractivity contribution in [2.24, 2.45) is 0 Å². The molecule has 1 saturated heterocycles. The minimum Gasteiger partial charge on any atom is -0.395 e. The van der Waals surface area contributed by atoms with E-state index in [1.807, 2.05) is 6.07 Å². The molecule has 1 aliphatic heterocycles. The van der Waals surface area contributed by atoms with Crippen LogP contribution in [0.5, 0.6) is 0 Å². The number of rotatable bonds is 6. The molecule has 1 N–H and O–H groups in total. The zero-order chi connectivity index (χ0) is 19.5. The highest BCUT2D eigenvalue weighted by atomic mass is 16.5. The smallest absolute Gasteiger partial charge is 0.260 e. The van der Waals surface area contributed by atoms with Crippen LogP contribution in [-0.4, -0.2) is 63.6 Å². The van der Waals surface area contributed by atoms with Gasteiger partial charge >= 0.3 is 0 Å². The first-order chi connectivity index (χ1) is 13.7. The van der Waals surface area contributed by atoms with Crippen LogP contribution in [0.15, 0.2) is 40.2 Å². The molecule has 8 heteroatoms. The number of aliphatic hydroxyl groups is 1. The summed E-state index contributed by atoms with van der Waals surface area (Å²) in [5, 5.41) is 9.95. The van der Waals surface area contributed by atoms with Crippen LogP contribution in [-0.2, 0) is 17.8 Å². The Balaban J connectivity index is 1.63. The lowest BCUT2D eigenvalue weighted by Gasteiger charge is -2.26. The number of morpholine rings is 1. The molecule has 0 atom stereocenters. The molecule has 3 aromatic rings. The quantitative estimate of drug-likeness (QED) is 0.620. The molecule has 148 valence electrons. The van der Waals surface area contributed by atoms with E-state index in [9.17, 15) is 9.59 Å². The number of hydrogen-bond donors (Lipinski definition) is 1. The molecule has 0 unspecified atom stereocenters. The number of fused-ring (bicyclic) bond motifs is 2. The van der Waals surface area contributed by atoms with E-state index in [-0.39, 0.29) is 24.3 Å². The van der Waals surface area contributed by atoms with Crippen molar-refractivity contribution in [3.8, 4) is 0 Å². The molecule has 1 aliphatic rings. The first-order valence-corrected chi connectivity index (χ1v) is 9.62. The van der Waals surface area contributed by atoms with Crippen molar-refractivity contribution < 1.29 is 9.84 Å². The lowest BCUT2D eigenvalue weighted by molar-refractivity contribution is 0.0369. The van der Waals surface area contributed by atoms with Gasteiger partial charge in [-0.1, -0.05) is 0 Å². The molecule has 8 nitrogen and oxygen atoms in total. The van der Waals surface area contributed by atoms with E-state index in [1.165, 1.54) is 4.57 Å². The predicted molar refractivity (Wildman–Crippen MR) is 107 cm³/mol. The van der Waals surface area contributed by atoms with Crippen LogP contribution < -0.4 is 11.1 Å². The Labute approximate surface area is 161 Å². The van der Waals surface area contributed by atoms with Gasteiger partial charge in [-0.2, -0.15) is 0 Å². The van der Waals surface area contributed by atoms with E-state index in [4.69, 9.17) is 9.84 Å². The fraction of sp³-hybridized carbons (Fsp3) is 0.450. The average molecular weight is 384 g/mol. The molecule has 4 rings (SSSR count). The molecule has 0 amide bonds. The first-order valence-electron chi connectivity index (χ1n) is 9.62. The van der Waals surface area contributed by atoms with Crippen LogP contribution in [0.2, 0.25) is 0 Å². The maximum absolute atomic E-state index is 12.9. The molecule has 0 radical (unpaired) electrons. The zero-order valence-corrected chi connectivity index (χ0v) is 15.7. The number of pyridine rings is 3. The third-order valence-corrected chi connectivity index (χ3v) is 5.21. The van der Waals surface area contributed by atoms with E-state index in [0.29, 0.717) is 28.4 Å². The summed E-state index contributed by atoms with van der Waals surface area (Å²) >= 11 is 0. The molecule has 0 bridgehead atoms. The number of nitrogens with zero attached hydrogens (tertiary/aromatic N) is 4. The van der Waals surface area contributed by atoms with Gasteiger partial charge < -0.3 is 19.0 Å². The lowest BCUT2D eigenvalue weighted by Crippen LogP contribution is -2.37. The van der Waals surface area contributed by atoms with Gasteiger partial charge in [-0.15, -0.1) is 0 Å². The SMILES string of the molecule is O=c1c2cc3c(=O)n(CCCN4CCOCC4)ccc3nc2ccn1CCO. The van der Waals surface area contributed by atoms with Gasteiger partial charge in [0.05, 0.1) is 41.6 Å². The van der Waals surface area contributed by atoms with Crippen LogP contribution in [0.25, 0.3) is 21.8 Å². The molecular weight excluding hydrogens is 360 g/mol. The summed E-state index contributed by atoms with van der Waals surface area (Å²) in [4.78, 5) is 32.3. The number of aromatic nitrogens is 3. The number of aryl methyl sites for hydroxylation is 1. The highest BCUT2D eigenvalue weighted by molar-refractivity contribution is 5.91. The van der Waals surface area contributed by atoms with Crippen LogP contribution in [0, 0.1) is 0 Å².